The quantitative estimate of drug-likeness (QED) is 0.0152. The van der Waals surface area contributed by atoms with Crippen molar-refractivity contribution in [1.82, 2.24) is 30.3 Å². The van der Waals surface area contributed by atoms with Gasteiger partial charge in [0.25, 0.3) is 5.91 Å². The van der Waals surface area contributed by atoms with Crippen LogP contribution in [0.5, 0.6) is 23.0 Å². The topological polar surface area (TPSA) is 328 Å². The number of likely N-dealkylation sites (N-methyl/N-ethyl adjacent to an activating group) is 2. The van der Waals surface area contributed by atoms with Crippen molar-refractivity contribution in [3.8, 4) is 23.0 Å². The summed E-state index contributed by atoms with van der Waals surface area (Å²) in [7, 11) is 7.57. The zero-order valence-corrected chi connectivity index (χ0v) is 55.2. The van der Waals surface area contributed by atoms with Crippen molar-refractivity contribution in [2.24, 2.45) is 23.5 Å². The minimum atomic E-state index is -0.899. The van der Waals surface area contributed by atoms with Crippen molar-refractivity contribution < 1.29 is 85.8 Å². The number of hydrogen-bond donors (Lipinski definition) is 5. The summed E-state index contributed by atoms with van der Waals surface area (Å²) in [5, 5.41) is 10.2. The number of methoxy groups -OCH3 is 3. The molecule has 0 aliphatic carbocycles. The van der Waals surface area contributed by atoms with Crippen molar-refractivity contribution in [1.29, 1.82) is 0 Å². The lowest BCUT2D eigenvalue weighted by Gasteiger charge is -2.24. The van der Waals surface area contributed by atoms with Crippen molar-refractivity contribution in [2.75, 3.05) is 137 Å². The van der Waals surface area contributed by atoms with Gasteiger partial charge in [0, 0.05) is 106 Å². The van der Waals surface area contributed by atoms with Crippen molar-refractivity contribution in [2.45, 2.75) is 71.4 Å². The number of fused-ring (bicyclic) bond motifs is 4. The molecule has 6 N–H and O–H groups in total. The lowest BCUT2D eigenvalue weighted by atomic mass is 9.89. The van der Waals surface area contributed by atoms with Gasteiger partial charge < -0.3 is 84.0 Å². The summed E-state index contributed by atoms with van der Waals surface area (Å²) < 4.78 is 50.4. The van der Waals surface area contributed by atoms with E-state index in [0.717, 1.165) is 10.9 Å². The van der Waals surface area contributed by atoms with E-state index in [1.54, 1.807) is 68.1 Å². The highest BCUT2D eigenvalue weighted by molar-refractivity contribution is 6.19. The molecule has 3 heterocycles. The molecule has 0 spiro atoms. The third-order valence-corrected chi connectivity index (χ3v) is 16.5. The summed E-state index contributed by atoms with van der Waals surface area (Å²) in [5.74, 6) is -2.01. The van der Waals surface area contributed by atoms with Crippen LogP contribution in [-0.2, 0) is 54.3 Å². The fourth-order valence-corrected chi connectivity index (χ4v) is 11.2. The number of rotatable bonds is 37. The van der Waals surface area contributed by atoms with Crippen LogP contribution in [0.3, 0.4) is 0 Å². The number of urea groups is 1. The molecular weight excluding hydrogens is 1240 g/mol. The number of imide groups is 1. The van der Waals surface area contributed by atoms with Gasteiger partial charge in [-0.25, -0.2) is 14.4 Å². The molecule has 9 amide bonds. The van der Waals surface area contributed by atoms with Gasteiger partial charge >= 0.3 is 18.2 Å². The number of nitrogens with zero attached hydrogens (tertiary/aromatic N) is 4. The zero-order chi connectivity index (χ0) is 68.0. The molecule has 2 aliphatic heterocycles. The van der Waals surface area contributed by atoms with E-state index in [4.69, 9.17) is 60.0 Å². The van der Waals surface area contributed by atoms with Gasteiger partial charge in [0.2, 0.25) is 29.4 Å². The standard InChI is InChI=1S/C66H86ClN9O18/c1-40(2)57(72-54(78)19-24-89-26-28-91-30-31-92-29-27-90-25-23-75-55(79)32-41(3)62(75)81)51(77)34-43(12-11-20-69-64(68)83)61(80)70-46-17-15-42(16-18-46)39-93-65(84)73(4)21-22-74(5)66(85)94-52-36-50-56(48-14-10-9-13-47(48)52)45(37-67)38-76(50)63(82)49-33-44-35-53(86-6)59(87-7)60(88-8)58(44)71-49/h9-10,13-18,33,35-36,40-41,43,45,57,71H,11-12,19-32,34,37-39H2,1-8H3,(H,70,80)(H,72,78)(H3,68,69,83)/t41?,43-,45-,57+/m1/s1. The molecule has 7 rings (SSSR count). The first-order valence-electron chi connectivity index (χ1n) is 31.1. The summed E-state index contributed by atoms with van der Waals surface area (Å²) in [6, 6.07) is 17.5. The number of benzene rings is 4. The van der Waals surface area contributed by atoms with Crippen LogP contribution in [0.4, 0.5) is 25.8 Å². The molecule has 5 aromatic rings. The largest absolute Gasteiger partial charge is 0.493 e. The van der Waals surface area contributed by atoms with Crippen molar-refractivity contribution >= 4 is 98.2 Å². The van der Waals surface area contributed by atoms with Gasteiger partial charge in [-0.1, -0.05) is 57.2 Å². The summed E-state index contributed by atoms with van der Waals surface area (Å²) >= 11 is 6.57. The van der Waals surface area contributed by atoms with Gasteiger partial charge in [-0.2, -0.15) is 0 Å². The van der Waals surface area contributed by atoms with Gasteiger partial charge in [0.1, 0.15) is 18.1 Å². The molecule has 0 bridgehead atoms. The highest BCUT2D eigenvalue weighted by Gasteiger charge is 2.38. The maximum absolute atomic E-state index is 14.5. The number of aromatic nitrogens is 1. The van der Waals surface area contributed by atoms with Crippen LogP contribution in [0.1, 0.15) is 80.4 Å². The van der Waals surface area contributed by atoms with Crippen LogP contribution in [0, 0.1) is 17.8 Å². The highest BCUT2D eigenvalue weighted by atomic mass is 35.5. The minimum absolute atomic E-state index is 0.0235. The van der Waals surface area contributed by atoms with Crippen LogP contribution < -0.4 is 45.5 Å². The number of amides is 9. The van der Waals surface area contributed by atoms with Crippen LogP contribution in [0.2, 0.25) is 0 Å². The number of hydrogen-bond acceptors (Lipinski definition) is 18. The van der Waals surface area contributed by atoms with Crippen molar-refractivity contribution in [3.05, 3.63) is 83.6 Å². The number of Topliss-reactive ketones (excluding diaryl/α,β-unsaturated/α-hetero) is 1. The van der Waals surface area contributed by atoms with E-state index in [9.17, 15) is 43.2 Å². The molecule has 27 nitrogen and oxygen atoms in total. The number of alkyl halides is 1. The summed E-state index contributed by atoms with van der Waals surface area (Å²) in [4.78, 5) is 126. The molecule has 0 saturated carbocycles. The minimum Gasteiger partial charge on any atom is -0.493 e. The molecule has 4 aromatic carbocycles. The van der Waals surface area contributed by atoms with E-state index in [1.807, 2.05) is 24.3 Å². The number of carbonyl (C=O) groups is 9. The van der Waals surface area contributed by atoms with E-state index >= 15 is 0 Å². The fraction of sp³-hybridized carbons (Fsp3) is 0.500. The smallest absolute Gasteiger partial charge is 0.415 e. The van der Waals surface area contributed by atoms with Crippen LogP contribution in [-0.4, -0.2) is 206 Å². The Bertz CT molecular complexity index is 3470. The average Bonchev–Trinajstić information content (AvgIpc) is 1.56. The Kier molecular flexibility index (Phi) is 27.4. The van der Waals surface area contributed by atoms with Crippen molar-refractivity contribution in [3.63, 3.8) is 0 Å². The number of H-pyrrole nitrogens is 1. The molecule has 1 fully saturated rings. The Morgan fingerprint density at radius 1 is 0.777 bits per heavy atom. The van der Waals surface area contributed by atoms with Crippen LogP contribution in [0.25, 0.3) is 21.7 Å². The number of ketones is 1. The molecule has 1 unspecified atom stereocenters. The third-order valence-electron chi connectivity index (χ3n) is 16.1. The summed E-state index contributed by atoms with van der Waals surface area (Å²) in [6.45, 7) is 7.99. The van der Waals surface area contributed by atoms with Gasteiger partial charge in [-0.05, 0) is 59.5 Å². The first-order valence-corrected chi connectivity index (χ1v) is 31.7. The van der Waals surface area contributed by atoms with Gasteiger partial charge in [-0.15, -0.1) is 11.6 Å². The fourth-order valence-electron chi connectivity index (χ4n) is 10.9. The van der Waals surface area contributed by atoms with E-state index in [2.05, 4.69) is 20.9 Å². The van der Waals surface area contributed by atoms with E-state index in [0.29, 0.717) is 83.3 Å². The molecule has 2 aliphatic rings. The Morgan fingerprint density at radius 3 is 2.02 bits per heavy atom. The molecule has 28 heteroatoms. The maximum Gasteiger partial charge on any atom is 0.415 e. The molecular formula is C66H86ClN9O18. The number of carbonyl (C=O) groups excluding carboxylic acids is 9. The monoisotopic (exact) mass is 1330 g/mol. The lowest BCUT2D eigenvalue weighted by Crippen LogP contribution is -2.45. The SMILES string of the molecule is COc1cc2cc(C(=O)N3C[C@@H](CCl)c4c3cc(OC(=O)N(C)CCN(C)C(=O)OCc3ccc(NC(=O)[C@H](CCCNC(N)=O)CC(=O)[C@@H](NC(=O)CCOCCOCCOCCOCCN5C(=O)CC(C)C5=O)C(C)C)cc3)c3ccccc43)[nH]c2c(OC)c1OC. The molecule has 0 radical (unpaired) electrons. The number of nitrogens with one attached hydrogen (secondary N) is 4. The van der Waals surface area contributed by atoms with Gasteiger partial charge in [-0.3, -0.25) is 33.7 Å². The first-order chi connectivity index (χ1) is 45.2. The van der Waals surface area contributed by atoms with E-state index in [1.165, 1.54) is 50.1 Å². The molecule has 510 valence electrons. The Morgan fingerprint density at radius 2 is 1.41 bits per heavy atom. The molecule has 1 saturated heterocycles. The lowest BCUT2D eigenvalue weighted by molar-refractivity contribution is -0.140. The first kappa shape index (κ1) is 72.7. The summed E-state index contributed by atoms with van der Waals surface area (Å²) in [5.41, 5.74) is 8.44. The van der Waals surface area contributed by atoms with E-state index in [-0.39, 0.29) is 150 Å². The third kappa shape index (κ3) is 19.4. The zero-order valence-electron chi connectivity index (χ0n) is 54.5. The Labute approximate surface area is 550 Å². The van der Waals surface area contributed by atoms with Crippen LogP contribution in [0.15, 0.2) is 66.7 Å². The number of ether oxygens (including phenoxy) is 9. The Hall–Kier alpha value is -8.76. The number of halogens is 1. The second-order valence-corrected chi connectivity index (χ2v) is 23.5. The Balaban J connectivity index is 0.838. The normalized spacial score (nSPS) is 15.0. The van der Waals surface area contributed by atoms with Crippen LogP contribution >= 0.6 is 11.6 Å². The van der Waals surface area contributed by atoms with E-state index < -0.39 is 42.0 Å². The average molecular weight is 1330 g/mol. The number of nitrogens with two attached hydrogens (primary N) is 1. The second-order valence-electron chi connectivity index (χ2n) is 23.1. The predicted molar refractivity (Wildman–Crippen MR) is 349 cm³/mol. The number of anilines is 2. The van der Waals surface area contributed by atoms with Gasteiger partial charge in [0.05, 0.1) is 98.0 Å². The molecule has 94 heavy (non-hydrogen) atoms. The second kappa shape index (κ2) is 35.5. The maximum atomic E-state index is 14.5. The number of aromatic amines is 1. The number of primary amides is 1. The van der Waals surface area contributed by atoms with Gasteiger partial charge in [0.15, 0.2) is 17.3 Å². The summed E-state index contributed by atoms with van der Waals surface area (Å²) in [6.07, 6.45) is -0.842. The number of likely N-dealkylation sites (tertiary alicyclic amines) is 1. The highest BCUT2D eigenvalue weighted by Crippen LogP contribution is 2.47. The molecule has 4 atom stereocenters. The molecule has 1 aromatic heterocycles. The predicted octanol–water partition coefficient (Wildman–Crippen LogP) is 6.98.